The number of rotatable bonds is 7. The molecule has 3 fully saturated rings. The third-order valence-electron chi connectivity index (χ3n) is 8.10. The van der Waals surface area contributed by atoms with E-state index >= 15 is 0 Å². The fraction of sp³-hybridized carbons (Fsp3) is 0.571. The summed E-state index contributed by atoms with van der Waals surface area (Å²) in [5.74, 6) is 0.379. The zero-order valence-electron chi connectivity index (χ0n) is 22.3. The second-order valence-electron chi connectivity index (χ2n) is 10.8. The van der Waals surface area contributed by atoms with Crippen molar-refractivity contribution in [3.05, 3.63) is 45.7 Å². The van der Waals surface area contributed by atoms with Crippen LogP contribution < -0.4 is 16.0 Å². The van der Waals surface area contributed by atoms with Gasteiger partial charge in [0, 0.05) is 44.3 Å². The first-order valence-electron chi connectivity index (χ1n) is 13.7. The molecule has 1 aromatic carbocycles. The molecule has 38 heavy (non-hydrogen) atoms. The van der Waals surface area contributed by atoms with E-state index < -0.39 is 0 Å². The van der Waals surface area contributed by atoms with Gasteiger partial charge in [0.25, 0.3) is 5.91 Å². The summed E-state index contributed by atoms with van der Waals surface area (Å²) in [5.41, 5.74) is 9.28. The van der Waals surface area contributed by atoms with Crippen molar-refractivity contribution in [2.45, 2.75) is 70.6 Å². The van der Waals surface area contributed by atoms with E-state index in [9.17, 15) is 10.1 Å². The highest BCUT2D eigenvalue weighted by atomic mass is 35.5. The highest BCUT2D eigenvalue weighted by Crippen LogP contribution is 2.30. The molecule has 1 saturated carbocycles. The molecule has 0 radical (unpaired) electrons. The van der Waals surface area contributed by atoms with E-state index in [-0.39, 0.29) is 28.6 Å². The molecule has 1 aromatic heterocycles. The minimum Gasteiger partial charge on any atom is -0.382 e. The minimum atomic E-state index is -0.306. The Morgan fingerprint density at radius 2 is 1.95 bits per heavy atom. The number of piperidine rings is 1. The third-order valence-corrected chi connectivity index (χ3v) is 8.35. The van der Waals surface area contributed by atoms with Gasteiger partial charge in [0.2, 0.25) is 0 Å². The number of anilines is 2. The van der Waals surface area contributed by atoms with Gasteiger partial charge < -0.3 is 16.0 Å². The fourth-order valence-corrected chi connectivity index (χ4v) is 6.00. The first-order chi connectivity index (χ1) is 18.4. The summed E-state index contributed by atoms with van der Waals surface area (Å²) < 4.78 is 0. The molecular formula is C28H37ClN8O. The summed E-state index contributed by atoms with van der Waals surface area (Å²) in [6.45, 7) is 9.63. The van der Waals surface area contributed by atoms with Crippen molar-refractivity contribution in [1.29, 1.82) is 5.26 Å². The van der Waals surface area contributed by atoms with E-state index in [0.717, 1.165) is 88.1 Å². The van der Waals surface area contributed by atoms with Crippen molar-refractivity contribution in [2.75, 3.05) is 43.4 Å². The molecule has 1 aliphatic carbocycles. The van der Waals surface area contributed by atoms with Gasteiger partial charge in [-0.3, -0.25) is 14.6 Å². The van der Waals surface area contributed by atoms with E-state index in [1.165, 1.54) is 0 Å². The lowest BCUT2D eigenvalue weighted by Gasteiger charge is -2.47. The van der Waals surface area contributed by atoms with Gasteiger partial charge >= 0.3 is 0 Å². The van der Waals surface area contributed by atoms with E-state index in [2.05, 4.69) is 55.1 Å². The molecule has 3 N–H and O–H groups in total. The Labute approximate surface area is 230 Å². The van der Waals surface area contributed by atoms with E-state index in [1.807, 2.05) is 13.0 Å². The summed E-state index contributed by atoms with van der Waals surface area (Å²) >= 11 is 6.53. The standard InChI is InChI=1S/C28H37ClN8O/c1-3-22-17-36(27-25(29)33-24(26(31)34-27)28(38)32-21-6-7-21)12-13-37(22)23-8-10-35(11-9-23)16-19-5-4-18(2)14-20(19)15-30/h4-5,14,21-23H,3,6-13,16-17H2,1-2H3,(H2,31,34)(H,32,38)/t22-/m0/s1. The number of aromatic nitrogens is 2. The van der Waals surface area contributed by atoms with Crippen LogP contribution in [0.4, 0.5) is 11.6 Å². The molecule has 9 nitrogen and oxygen atoms in total. The van der Waals surface area contributed by atoms with Crippen LogP contribution in [0.3, 0.4) is 0 Å². The predicted octanol–water partition coefficient (Wildman–Crippen LogP) is 3.35. The molecule has 1 atom stereocenters. The van der Waals surface area contributed by atoms with Crippen molar-refractivity contribution in [3.63, 3.8) is 0 Å². The molecule has 3 heterocycles. The number of nitrogens with zero attached hydrogens (tertiary/aromatic N) is 6. The first kappa shape index (κ1) is 26.7. The number of nitriles is 1. The van der Waals surface area contributed by atoms with Gasteiger partial charge in [-0.05, 0) is 69.3 Å². The van der Waals surface area contributed by atoms with Gasteiger partial charge in [0.15, 0.2) is 22.5 Å². The highest BCUT2D eigenvalue weighted by Gasteiger charge is 2.35. The lowest BCUT2D eigenvalue weighted by molar-refractivity contribution is 0.0610. The number of hydrogen-bond acceptors (Lipinski definition) is 8. The van der Waals surface area contributed by atoms with E-state index in [4.69, 9.17) is 17.3 Å². The zero-order chi connectivity index (χ0) is 26.8. The fourth-order valence-electron chi connectivity index (χ4n) is 5.76. The largest absolute Gasteiger partial charge is 0.382 e. The number of carbonyl (C=O) groups excluding carboxylic acids is 1. The Morgan fingerprint density at radius 1 is 1.18 bits per heavy atom. The number of aryl methyl sites for hydroxylation is 1. The molecular weight excluding hydrogens is 500 g/mol. The topological polar surface area (TPSA) is 114 Å². The maximum atomic E-state index is 12.5. The second kappa shape index (κ2) is 11.4. The molecule has 1 amide bonds. The smallest absolute Gasteiger partial charge is 0.274 e. The number of halogens is 1. The molecule has 2 aromatic rings. The van der Waals surface area contributed by atoms with Crippen LogP contribution in [-0.2, 0) is 6.54 Å². The van der Waals surface area contributed by atoms with Crippen LogP contribution >= 0.6 is 11.6 Å². The zero-order valence-corrected chi connectivity index (χ0v) is 23.0. The van der Waals surface area contributed by atoms with Crippen LogP contribution in [0.1, 0.15) is 66.2 Å². The summed E-state index contributed by atoms with van der Waals surface area (Å²) in [7, 11) is 0. The number of benzene rings is 1. The van der Waals surface area contributed by atoms with Crippen LogP contribution in [0.5, 0.6) is 0 Å². The van der Waals surface area contributed by atoms with Gasteiger partial charge in [-0.2, -0.15) is 5.26 Å². The number of likely N-dealkylation sites (tertiary alicyclic amines) is 1. The molecule has 0 spiro atoms. The Balaban J connectivity index is 1.19. The van der Waals surface area contributed by atoms with E-state index in [0.29, 0.717) is 17.9 Å². The molecule has 0 bridgehead atoms. The summed E-state index contributed by atoms with van der Waals surface area (Å²) in [6, 6.07) is 9.65. The number of piperazine rings is 1. The predicted molar refractivity (Wildman–Crippen MR) is 149 cm³/mol. The second-order valence-corrected chi connectivity index (χ2v) is 11.2. The molecule has 3 aliphatic rings. The lowest BCUT2D eigenvalue weighted by Crippen LogP contribution is -2.58. The average molecular weight is 537 g/mol. The van der Waals surface area contributed by atoms with Gasteiger partial charge in [-0.15, -0.1) is 0 Å². The lowest BCUT2D eigenvalue weighted by atomic mass is 9.97. The quantitative estimate of drug-likeness (QED) is 0.553. The molecule has 5 rings (SSSR count). The van der Waals surface area contributed by atoms with Crippen molar-refractivity contribution in [3.8, 4) is 6.07 Å². The molecule has 202 valence electrons. The van der Waals surface area contributed by atoms with Crippen molar-refractivity contribution in [2.24, 2.45) is 0 Å². The van der Waals surface area contributed by atoms with Crippen molar-refractivity contribution < 1.29 is 4.79 Å². The van der Waals surface area contributed by atoms with Crippen molar-refractivity contribution >= 4 is 29.1 Å². The normalized spacial score (nSPS) is 21.3. The van der Waals surface area contributed by atoms with Gasteiger partial charge in [0.05, 0.1) is 11.6 Å². The van der Waals surface area contributed by atoms with Crippen LogP contribution in [0.15, 0.2) is 18.2 Å². The first-order valence-corrected chi connectivity index (χ1v) is 14.1. The van der Waals surface area contributed by atoms with Gasteiger partial charge in [0.1, 0.15) is 0 Å². The Morgan fingerprint density at radius 3 is 2.63 bits per heavy atom. The summed E-state index contributed by atoms with van der Waals surface area (Å²) in [5, 5.41) is 12.7. The Kier molecular flexibility index (Phi) is 8.03. The maximum Gasteiger partial charge on any atom is 0.274 e. The van der Waals surface area contributed by atoms with Crippen LogP contribution in [0.2, 0.25) is 5.15 Å². The number of nitrogens with one attached hydrogen (secondary N) is 1. The highest BCUT2D eigenvalue weighted by molar-refractivity contribution is 6.32. The van der Waals surface area contributed by atoms with Gasteiger partial charge in [-0.25, -0.2) is 9.97 Å². The van der Waals surface area contributed by atoms with Crippen LogP contribution in [-0.4, -0.2) is 76.5 Å². The Bertz CT molecular complexity index is 1220. The number of amides is 1. The van der Waals surface area contributed by atoms with Crippen molar-refractivity contribution in [1.82, 2.24) is 25.1 Å². The monoisotopic (exact) mass is 536 g/mol. The molecule has 10 heteroatoms. The van der Waals surface area contributed by atoms with Crippen LogP contribution in [0.25, 0.3) is 0 Å². The third kappa shape index (κ3) is 5.88. The summed E-state index contributed by atoms with van der Waals surface area (Å²) in [6.07, 6.45) is 5.22. The number of hydrogen-bond donors (Lipinski definition) is 2. The molecule has 2 aliphatic heterocycles. The molecule has 2 saturated heterocycles. The van der Waals surface area contributed by atoms with Crippen LogP contribution in [0, 0.1) is 18.3 Å². The maximum absolute atomic E-state index is 12.5. The SMILES string of the molecule is CC[C@H]1CN(c2nc(N)c(C(=O)NC3CC3)nc2Cl)CCN1C1CCN(Cc2ccc(C)cc2C#N)CC1. The molecule has 0 unspecified atom stereocenters. The number of carbonyl (C=O) groups is 1. The summed E-state index contributed by atoms with van der Waals surface area (Å²) in [4.78, 5) is 28.6. The number of nitrogens with two attached hydrogens (primary N) is 1. The van der Waals surface area contributed by atoms with Gasteiger partial charge in [-0.1, -0.05) is 30.7 Å². The van der Waals surface area contributed by atoms with E-state index in [1.54, 1.807) is 0 Å². The Hall–Kier alpha value is -2.93. The average Bonchev–Trinajstić information content (AvgIpc) is 3.74. The minimum absolute atomic E-state index is 0.107. The number of nitrogen functional groups attached to an aromatic ring is 1.